The number of fused-ring (bicyclic) bond motifs is 2. The predicted molar refractivity (Wildman–Crippen MR) is 230 cm³/mol. The molecule has 0 radical (unpaired) electrons. The van der Waals surface area contributed by atoms with Crippen LogP contribution in [0.15, 0.2) is 84.9 Å². The molecule has 2 fully saturated rings. The van der Waals surface area contributed by atoms with Gasteiger partial charge in [-0.25, -0.2) is 6.57 Å². The summed E-state index contributed by atoms with van der Waals surface area (Å²) in [6.45, 7) is 19.1. The largest absolute Gasteiger partial charge is 0.323 e. The second kappa shape index (κ2) is 15.6. The number of carbonyl (C=O) groups excluding carboxylic acids is 2. The van der Waals surface area contributed by atoms with E-state index < -0.39 is 10.8 Å². The summed E-state index contributed by atoms with van der Waals surface area (Å²) in [4.78, 5) is 32.2. The fourth-order valence-electron chi connectivity index (χ4n) is 8.83. The molecule has 0 unspecified atom stereocenters. The number of hydrogen-bond donors (Lipinski definition) is 2. The van der Waals surface area contributed by atoms with Gasteiger partial charge in [-0.05, 0) is 94.2 Å². The molecule has 5 aromatic carbocycles. The number of anilines is 2. The van der Waals surface area contributed by atoms with Crippen LogP contribution in [0.4, 0.5) is 11.4 Å². The van der Waals surface area contributed by atoms with Crippen LogP contribution in [-0.2, 0) is 9.59 Å². The Bertz CT molecular complexity index is 2210. The van der Waals surface area contributed by atoms with Crippen LogP contribution in [0.1, 0.15) is 116 Å². The van der Waals surface area contributed by atoms with Gasteiger partial charge in [-0.1, -0.05) is 126 Å². The molecule has 2 aliphatic rings. The summed E-state index contributed by atoms with van der Waals surface area (Å²) >= 11 is 0. The van der Waals surface area contributed by atoms with E-state index in [1.54, 1.807) is 0 Å². The van der Waals surface area contributed by atoms with Crippen LogP contribution < -0.4 is 10.6 Å². The minimum Gasteiger partial charge on any atom is -0.323 e. The van der Waals surface area contributed by atoms with Crippen LogP contribution in [0.5, 0.6) is 0 Å². The van der Waals surface area contributed by atoms with E-state index in [-0.39, 0.29) is 23.8 Å². The average molecular weight is 743 g/mol. The highest BCUT2D eigenvalue weighted by Gasteiger charge is 2.32. The van der Waals surface area contributed by atoms with Crippen LogP contribution in [0, 0.1) is 34.7 Å². The van der Waals surface area contributed by atoms with Crippen molar-refractivity contribution in [2.24, 2.45) is 16.7 Å². The zero-order valence-electron chi connectivity index (χ0n) is 33.8. The van der Waals surface area contributed by atoms with Gasteiger partial charge < -0.3 is 15.5 Å². The van der Waals surface area contributed by atoms with Gasteiger partial charge in [0.05, 0.1) is 17.4 Å². The number of nitriles is 1. The molecular weight excluding hydrogens is 689 g/mol. The topological polar surface area (TPSA) is 86.3 Å². The molecule has 7 rings (SSSR count). The minimum absolute atomic E-state index is 0.0867. The maximum absolute atomic E-state index is 14.2. The molecule has 6 nitrogen and oxygen atoms in total. The first kappa shape index (κ1) is 38.8. The molecule has 2 aliphatic carbocycles. The molecule has 0 aliphatic heterocycles. The predicted octanol–water partition coefficient (Wildman–Crippen LogP) is 13.0. The van der Waals surface area contributed by atoms with E-state index in [2.05, 4.69) is 106 Å². The van der Waals surface area contributed by atoms with Crippen molar-refractivity contribution in [3.63, 3.8) is 0 Å². The highest BCUT2D eigenvalue weighted by molar-refractivity contribution is 6.15. The van der Waals surface area contributed by atoms with Crippen LogP contribution in [0.25, 0.3) is 48.6 Å². The molecule has 56 heavy (non-hydrogen) atoms. The summed E-state index contributed by atoms with van der Waals surface area (Å²) in [5, 5.41) is 20.9. The molecule has 286 valence electrons. The third kappa shape index (κ3) is 7.68. The summed E-state index contributed by atoms with van der Waals surface area (Å²) in [6.07, 6.45) is 7.38. The number of rotatable bonds is 6. The Morgan fingerprint density at radius 2 is 0.982 bits per heavy atom. The molecule has 0 aromatic heterocycles. The fourth-order valence-corrected chi connectivity index (χ4v) is 8.83. The lowest BCUT2D eigenvalue weighted by Crippen LogP contribution is -2.31. The lowest BCUT2D eigenvalue weighted by molar-refractivity contribution is -0.124. The van der Waals surface area contributed by atoms with Gasteiger partial charge in [-0.2, -0.15) is 5.26 Å². The third-order valence-electron chi connectivity index (χ3n) is 12.2. The molecule has 0 bridgehead atoms. The first-order valence-electron chi connectivity index (χ1n) is 20.4. The van der Waals surface area contributed by atoms with E-state index >= 15 is 0 Å². The number of amides is 2. The number of hydrogen-bond acceptors (Lipinski definition) is 3. The molecular formula is C50H54N4O2. The number of benzene rings is 5. The zero-order chi connectivity index (χ0) is 39.8. The monoisotopic (exact) mass is 742 g/mol. The number of carbonyl (C=O) groups is 2. The Labute approximate surface area is 332 Å². The number of nitrogens with zero attached hydrogens (tertiary/aromatic N) is 2. The molecule has 6 heteroatoms. The van der Waals surface area contributed by atoms with Gasteiger partial charge in [0.15, 0.2) is 0 Å². The fraction of sp³-hybridized carbons (Fsp3) is 0.400. The van der Waals surface area contributed by atoms with Crippen molar-refractivity contribution in [3.8, 4) is 28.3 Å². The first-order valence-corrected chi connectivity index (χ1v) is 20.4. The van der Waals surface area contributed by atoms with Crippen LogP contribution in [0.3, 0.4) is 0 Å². The third-order valence-corrected chi connectivity index (χ3v) is 12.2. The average Bonchev–Trinajstić information content (AvgIpc) is 3.19. The normalized spacial score (nSPS) is 20.2. The van der Waals surface area contributed by atoms with Gasteiger partial charge in [-0.3, -0.25) is 9.59 Å². The molecule has 0 atom stereocenters. The second-order valence-electron chi connectivity index (χ2n) is 18.1. The summed E-state index contributed by atoms with van der Waals surface area (Å²) < 4.78 is 0. The Hall–Kier alpha value is -5.46. The molecule has 0 saturated heterocycles. The zero-order valence-corrected chi connectivity index (χ0v) is 33.8. The SMILES string of the molecule is [C-]#[N+]C1CCC(c2cccc3cccc(-c4ccc(-c5cccc6cccc(C7CCC(C#N)CC7)c56)c(NC(=O)C(C)(C)C)c4NC(=O)C(C)(C)C)c23)CC1. The molecule has 0 heterocycles. The van der Waals surface area contributed by atoms with Crippen molar-refractivity contribution in [3.05, 3.63) is 107 Å². The van der Waals surface area contributed by atoms with Gasteiger partial charge >= 0.3 is 0 Å². The van der Waals surface area contributed by atoms with E-state index in [1.165, 1.54) is 11.1 Å². The maximum atomic E-state index is 14.2. The molecule has 2 saturated carbocycles. The highest BCUT2D eigenvalue weighted by atomic mass is 16.2. The van der Waals surface area contributed by atoms with E-state index in [9.17, 15) is 14.9 Å². The van der Waals surface area contributed by atoms with Gasteiger partial charge in [0, 0.05) is 40.7 Å². The quantitative estimate of drug-likeness (QED) is 0.170. The summed E-state index contributed by atoms with van der Waals surface area (Å²) in [5.41, 5.74) is 5.97. The lowest BCUT2D eigenvalue weighted by Gasteiger charge is -2.29. The molecule has 2 N–H and O–H groups in total. The molecule has 5 aromatic rings. The van der Waals surface area contributed by atoms with Gasteiger partial charge in [-0.15, -0.1) is 0 Å². The van der Waals surface area contributed by atoms with Crippen molar-refractivity contribution in [1.82, 2.24) is 0 Å². The highest BCUT2D eigenvalue weighted by Crippen LogP contribution is 2.49. The Morgan fingerprint density at radius 1 is 0.589 bits per heavy atom. The van der Waals surface area contributed by atoms with Crippen LogP contribution in [-0.4, -0.2) is 17.9 Å². The van der Waals surface area contributed by atoms with Crippen molar-refractivity contribution in [2.75, 3.05) is 10.6 Å². The van der Waals surface area contributed by atoms with Crippen molar-refractivity contribution >= 4 is 44.7 Å². The van der Waals surface area contributed by atoms with Gasteiger partial charge in [0.25, 0.3) is 0 Å². The van der Waals surface area contributed by atoms with Crippen LogP contribution >= 0.6 is 0 Å². The Balaban J connectivity index is 1.50. The van der Waals surface area contributed by atoms with E-state index in [0.29, 0.717) is 23.2 Å². The van der Waals surface area contributed by atoms with Crippen molar-refractivity contribution in [2.45, 2.75) is 111 Å². The summed E-state index contributed by atoms with van der Waals surface area (Å²) in [7, 11) is 0. The van der Waals surface area contributed by atoms with Gasteiger partial charge in [0.2, 0.25) is 17.9 Å². The lowest BCUT2D eigenvalue weighted by atomic mass is 9.77. The van der Waals surface area contributed by atoms with Crippen LogP contribution in [0.2, 0.25) is 0 Å². The van der Waals surface area contributed by atoms with Crippen molar-refractivity contribution < 1.29 is 9.59 Å². The van der Waals surface area contributed by atoms with Gasteiger partial charge in [0.1, 0.15) is 0 Å². The first-order chi connectivity index (χ1) is 26.8. The Morgan fingerprint density at radius 3 is 1.36 bits per heavy atom. The standard InChI is InChI=1S/C50H54N4O2/c1-49(2,3)47(55)53-45-41(39-18-10-14-34-12-8-16-37(43(34)39)32-22-20-31(30-51)21-23-32)28-29-42(46(45)54-48(56)50(4,5)6)40-19-11-15-35-13-9-17-38(44(35)40)33-24-26-36(52-7)27-25-33/h8-19,28-29,31-33,36H,20-27H2,1-6H3,(H,53,55)(H,54,56). The Kier molecular flexibility index (Phi) is 10.8. The van der Waals surface area contributed by atoms with Crippen molar-refractivity contribution in [1.29, 1.82) is 5.26 Å². The minimum atomic E-state index is -0.710. The molecule has 2 amide bonds. The number of nitrogens with one attached hydrogen (secondary N) is 2. The van der Waals surface area contributed by atoms with E-state index in [1.807, 2.05) is 41.5 Å². The smallest absolute Gasteiger partial charge is 0.229 e. The van der Waals surface area contributed by atoms with E-state index in [0.717, 1.165) is 95.2 Å². The summed E-state index contributed by atoms with van der Waals surface area (Å²) in [5.74, 6) is 0.447. The van der Waals surface area contributed by atoms with E-state index in [4.69, 9.17) is 6.57 Å². The summed E-state index contributed by atoms with van der Waals surface area (Å²) in [6, 6.07) is 32.6. The molecule has 0 spiro atoms. The maximum Gasteiger partial charge on any atom is 0.229 e. The second-order valence-corrected chi connectivity index (χ2v) is 18.1.